The van der Waals surface area contributed by atoms with Gasteiger partial charge in [-0.2, -0.15) is 0 Å². The van der Waals surface area contributed by atoms with Crippen LogP contribution in [-0.2, 0) is 19.2 Å². The number of carbonyl (C=O) groups excluding carboxylic acids is 4. The zero-order valence-electron chi connectivity index (χ0n) is 44.7. The number of ether oxygens (including phenoxy) is 1. The van der Waals surface area contributed by atoms with Crippen molar-refractivity contribution < 1.29 is 34.1 Å². The number of anilines is 3. The Labute approximate surface area is 451 Å². The highest BCUT2D eigenvalue weighted by Crippen LogP contribution is 2.34. The Bertz CT molecular complexity index is 2780. The number of unbranched alkanes of at least 4 members (excludes halogenated alkanes) is 5. The van der Waals surface area contributed by atoms with Crippen molar-refractivity contribution in [2.75, 3.05) is 61.3 Å². The summed E-state index contributed by atoms with van der Waals surface area (Å²) in [5.74, 6) is 0.0342. The van der Waals surface area contributed by atoms with Crippen LogP contribution in [0.25, 0.3) is 21.7 Å². The summed E-state index contributed by atoms with van der Waals surface area (Å²) in [5, 5.41) is 35.4. The third kappa shape index (κ3) is 14.2. The number of nitrogens with two attached hydrogens (primary N) is 1. The van der Waals surface area contributed by atoms with Crippen molar-refractivity contribution in [1.29, 1.82) is 0 Å². The number of nitrogen functional groups attached to an aromatic ring is 1. The van der Waals surface area contributed by atoms with E-state index in [-0.39, 0.29) is 66.7 Å². The number of thiazole rings is 1. The molecule has 76 heavy (non-hydrogen) atoms. The Morgan fingerprint density at radius 2 is 1.53 bits per heavy atom. The highest BCUT2D eigenvalue weighted by molar-refractivity contribution is 7.13. The van der Waals surface area contributed by atoms with Crippen LogP contribution in [0, 0.1) is 12.3 Å². The number of phenolic OH excluding ortho intramolecular Hbond substituents is 1. The van der Waals surface area contributed by atoms with Gasteiger partial charge >= 0.3 is 0 Å². The molecule has 3 fully saturated rings. The maximum atomic E-state index is 14.1. The zero-order chi connectivity index (χ0) is 53.9. The number of phenols is 1. The zero-order valence-corrected chi connectivity index (χ0v) is 45.6. The number of nitrogens with one attached hydrogen (secondary N) is 2. The van der Waals surface area contributed by atoms with Crippen molar-refractivity contribution in [3.8, 4) is 33.2 Å². The van der Waals surface area contributed by atoms with Crippen LogP contribution in [-0.4, -0.2) is 129 Å². The lowest BCUT2D eigenvalue weighted by Crippen LogP contribution is -2.57. The molecular weight excluding hydrogens is 981 g/mol. The molecule has 0 saturated carbocycles. The molecule has 6 N–H and O–H groups in total. The molecule has 8 rings (SSSR count). The summed E-state index contributed by atoms with van der Waals surface area (Å²) in [6.45, 7) is 14.0. The van der Waals surface area contributed by atoms with Gasteiger partial charge in [-0.3, -0.25) is 19.2 Å². The van der Waals surface area contributed by atoms with Gasteiger partial charge in [0.05, 0.1) is 34.8 Å². The van der Waals surface area contributed by atoms with E-state index < -0.39 is 23.6 Å². The van der Waals surface area contributed by atoms with Crippen LogP contribution in [0.3, 0.4) is 0 Å². The fourth-order valence-corrected chi connectivity index (χ4v) is 11.3. The molecule has 5 heterocycles. The number of aromatic hydroxyl groups is 1. The molecule has 3 aliphatic rings. The third-order valence-electron chi connectivity index (χ3n) is 14.9. The van der Waals surface area contributed by atoms with Crippen LogP contribution in [0.2, 0.25) is 0 Å². The number of piperazine rings is 1. The maximum Gasteiger partial charge on any atom is 0.246 e. The van der Waals surface area contributed by atoms with Gasteiger partial charge in [0.2, 0.25) is 23.6 Å². The molecule has 2 aromatic heterocycles. The Morgan fingerprint density at radius 3 is 2.22 bits per heavy atom. The van der Waals surface area contributed by atoms with E-state index in [1.807, 2.05) is 75.4 Å². The number of nitrogens with zero attached hydrogens (tertiary/aromatic N) is 7. The summed E-state index contributed by atoms with van der Waals surface area (Å²) in [5.41, 5.74) is 13.6. The van der Waals surface area contributed by atoms with Crippen LogP contribution >= 0.6 is 11.3 Å². The van der Waals surface area contributed by atoms with Crippen LogP contribution < -0.4 is 30.9 Å². The van der Waals surface area contributed by atoms with Crippen molar-refractivity contribution in [2.24, 2.45) is 5.41 Å². The Kier molecular flexibility index (Phi) is 18.5. The van der Waals surface area contributed by atoms with Crippen molar-refractivity contribution in [3.63, 3.8) is 0 Å². The smallest absolute Gasteiger partial charge is 0.246 e. The molecule has 3 aliphatic heterocycles. The molecule has 3 aromatic carbocycles. The highest BCUT2D eigenvalue weighted by Gasteiger charge is 2.45. The summed E-state index contributed by atoms with van der Waals surface area (Å²) < 4.78 is 6.42. The number of hydrogen-bond donors (Lipinski definition) is 5. The largest absolute Gasteiger partial charge is 0.507 e. The number of aliphatic hydroxyl groups is 1. The van der Waals surface area contributed by atoms with Crippen molar-refractivity contribution >= 4 is 52.2 Å². The minimum Gasteiger partial charge on any atom is -0.507 e. The van der Waals surface area contributed by atoms with Crippen molar-refractivity contribution in [1.82, 2.24) is 35.6 Å². The number of β-amino-alcohol motifs (C(OH)–C–C–N with tert-alkyl or cyclic N) is 1. The summed E-state index contributed by atoms with van der Waals surface area (Å²) in [7, 11) is 0. The summed E-state index contributed by atoms with van der Waals surface area (Å²) in [6.07, 6.45) is 7.00. The highest BCUT2D eigenvalue weighted by atomic mass is 32.1. The lowest BCUT2D eigenvalue weighted by Gasteiger charge is -2.38. The van der Waals surface area contributed by atoms with Crippen LogP contribution in [0.15, 0.2) is 84.4 Å². The van der Waals surface area contributed by atoms with E-state index in [0.717, 1.165) is 97.7 Å². The van der Waals surface area contributed by atoms with Crippen molar-refractivity contribution in [3.05, 3.63) is 95.6 Å². The van der Waals surface area contributed by atoms with Gasteiger partial charge in [0, 0.05) is 81.5 Å². The number of aryl methyl sites for hydroxylation is 1. The molecule has 406 valence electrons. The molecule has 3 saturated heterocycles. The molecule has 0 aliphatic carbocycles. The fraction of sp³-hybridized carbons (Fsp3) is 0.500. The first-order valence-electron chi connectivity index (χ1n) is 27.1. The van der Waals surface area contributed by atoms with E-state index in [9.17, 15) is 29.4 Å². The van der Waals surface area contributed by atoms with Gasteiger partial charge in [0.25, 0.3) is 0 Å². The standard InChI is InChI=1S/C58H76N10O7S/c1-38(40-23-25-41(26-24-40)53-39(2)60-37-76-53)61-56(73)48-33-44(69)35-68(48)57(74)54(58(3,4)5)62-51(71)21-10-8-6-7-9-11-22-52(72)66-30-28-65(29-31-66)42-16-14-17-43(32-42)67-27-15-18-45(36-67)75-50-34-47(63-64-55(50)59)46-19-12-13-20-49(46)70/h12-14,16-17,19-20,23-26,32,34,37-38,44-45,48,54,69-70H,6-11,15,18,21-22,27-31,33,35-36H2,1-5H3,(H2,59,64)(H,61,73)(H,62,71)/t38?,44-,45?,48+,54?/m1/s1. The second-order valence-electron chi connectivity index (χ2n) is 21.7. The second-order valence-corrected chi connectivity index (χ2v) is 22.6. The second kappa shape index (κ2) is 25.4. The van der Waals surface area contributed by atoms with E-state index in [0.29, 0.717) is 49.5 Å². The number of likely N-dealkylation sites (tertiary alicyclic amines) is 1. The molecule has 0 radical (unpaired) electrons. The van der Waals surface area contributed by atoms with Crippen LogP contribution in [0.1, 0.15) is 116 Å². The van der Waals surface area contributed by atoms with Gasteiger partial charge in [-0.25, -0.2) is 4.98 Å². The summed E-state index contributed by atoms with van der Waals surface area (Å²) in [4.78, 5) is 68.0. The number of aromatic nitrogens is 3. The van der Waals surface area contributed by atoms with Crippen LogP contribution in [0.4, 0.5) is 17.2 Å². The quantitative estimate of drug-likeness (QED) is 0.0467. The molecule has 3 unspecified atom stereocenters. The lowest BCUT2D eigenvalue weighted by molar-refractivity contribution is -0.144. The number of aliphatic hydroxyl groups excluding tert-OH is 1. The normalized spacial score (nSPS) is 18.8. The third-order valence-corrected chi connectivity index (χ3v) is 15.9. The van der Waals surface area contributed by atoms with Gasteiger partial charge in [-0.15, -0.1) is 21.5 Å². The average molecular weight is 1060 g/mol. The number of hydrogen-bond acceptors (Lipinski definition) is 14. The molecule has 4 amide bonds. The molecule has 17 nitrogen and oxygen atoms in total. The van der Waals surface area contributed by atoms with E-state index in [2.05, 4.69) is 59.9 Å². The maximum absolute atomic E-state index is 14.1. The molecule has 18 heteroatoms. The topological polar surface area (TPSA) is 220 Å². The Hall–Kier alpha value is -6.79. The molecule has 5 aromatic rings. The number of rotatable bonds is 20. The molecular formula is C58H76N10O7S. The molecule has 0 bridgehead atoms. The number of piperidine rings is 1. The first-order valence-corrected chi connectivity index (χ1v) is 27.9. The minimum absolute atomic E-state index is 0.0175. The predicted molar refractivity (Wildman–Crippen MR) is 298 cm³/mol. The lowest BCUT2D eigenvalue weighted by atomic mass is 9.85. The van der Waals surface area contributed by atoms with E-state index in [4.69, 9.17) is 10.5 Å². The minimum atomic E-state index is -0.875. The predicted octanol–water partition coefficient (Wildman–Crippen LogP) is 8.05. The average Bonchev–Trinajstić information content (AvgIpc) is 4.04. The first-order chi connectivity index (χ1) is 36.5. The molecule has 0 spiro atoms. The number of para-hydroxylation sites is 1. The van der Waals surface area contributed by atoms with E-state index in [1.54, 1.807) is 35.6 Å². The van der Waals surface area contributed by atoms with E-state index >= 15 is 0 Å². The molecule has 5 atom stereocenters. The van der Waals surface area contributed by atoms with E-state index in [1.165, 1.54) is 4.90 Å². The SMILES string of the molecule is Cc1ncsc1-c1ccc(C(C)NC(=O)[C@@H]2C[C@@H](O)CN2C(=O)C(NC(=O)CCCCCCCCC(=O)N2CCN(c3cccc(N4CCCC(Oc5cc(-c6ccccc6O)nnc5N)C4)c3)CC2)C(C)(C)C)cc1. The van der Waals surface area contributed by atoms with Crippen LogP contribution in [0.5, 0.6) is 11.5 Å². The number of amides is 4. The Balaban J connectivity index is 0.712. The summed E-state index contributed by atoms with van der Waals surface area (Å²) >= 11 is 1.58. The van der Waals surface area contributed by atoms with Gasteiger partial charge < -0.3 is 50.9 Å². The van der Waals surface area contributed by atoms with Gasteiger partial charge in [0.15, 0.2) is 11.6 Å². The monoisotopic (exact) mass is 1060 g/mol. The Morgan fingerprint density at radius 1 is 0.829 bits per heavy atom. The van der Waals surface area contributed by atoms with Gasteiger partial charge in [-0.1, -0.05) is 88.9 Å². The summed E-state index contributed by atoms with van der Waals surface area (Å²) in [6, 6.07) is 23.2. The number of benzene rings is 3. The fourth-order valence-electron chi connectivity index (χ4n) is 10.5. The van der Waals surface area contributed by atoms with Gasteiger partial charge in [0.1, 0.15) is 29.6 Å². The van der Waals surface area contributed by atoms with Crippen molar-refractivity contribution in [2.45, 2.75) is 136 Å². The first kappa shape index (κ1) is 55.4. The number of carbonyl (C=O) groups is 4. The van der Waals surface area contributed by atoms with Gasteiger partial charge in [-0.05, 0) is 86.4 Å².